The quantitative estimate of drug-likeness (QED) is 0.348. The lowest BCUT2D eigenvalue weighted by atomic mass is 9.73. The fraction of sp³-hybridized carbons (Fsp3) is 0.867. The summed E-state index contributed by atoms with van der Waals surface area (Å²) < 4.78 is 49.0. The molecule has 0 N–H and O–H groups in total. The normalized spacial score (nSPS) is 30.4. The average Bonchev–Trinajstić information content (AvgIpc) is 2.38. The van der Waals surface area contributed by atoms with Gasteiger partial charge >= 0.3 is 0 Å². The molecule has 5 nitrogen and oxygen atoms in total. The Morgan fingerprint density at radius 2 is 1.74 bits per heavy atom. The van der Waals surface area contributed by atoms with Crippen LogP contribution in [0.25, 0.3) is 0 Å². The molecule has 1 fully saturated rings. The van der Waals surface area contributed by atoms with Gasteiger partial charge in [0.25, 0.3) is 0 Å². The average molecular weight is 475 g/mol. The molecule has 0 aromatic heterocycles. The third kappa shape index (κ3) is 5.58. The van der Waals surface area contributed by atoms with Gasteiger partial charge in [0.05, 0.1) is 18.6 Å². The number of nitrogens with zero attached hydrogens (tertiary/aromatic N) is 1. The molecule has 0 amide bonds. The third-order valence-corrected chi connectivity index (χ3v) is 9.36. The molecule has 0 saturated heterocycles. The van der Waals surface area contributed by atoms with E-state index in [1.54, 1.807) is 0 Å². The number of rotatable bonds is 5. The Labute approximate surface area is 154 Å². The minimum absolute atomic E-state index is 0.0468. The number of hydrogen-bond acceptors (Lipinski definition) is 4. The summed E-state index contributed by atoms with van der Waals surface area (Å²) in [5.41, 5.74) is -0.246. The molecule has 1 saturated carbocycles. The van der Waals surface area contributed by atoms with Crippen LogP contribution in [0.2, 0.25) is 0 Å². The van der Waals surface area contributed by atoms with Gasteiger partial charge in [0.15, 0.2) is 0 Å². The maximum Gasteiger partial charge on any atom is 0.224 e. The summed E-state index contributed by atoms with van der Waals surface area (Å²) in [5, 5.41) is 0. The van der Waals surface area contributed by atoms with Crippen molar-refractivity contribution in [3.63, 3.8) is 0 Å². The summed E-state index contributed by atoms with van der Waals surface area (Å²) in [6, 6.07) is -0.564. The molecule has 1 aliphatic carbocycles. The maximum absolute atomic E-state index is 12.1. The predicted molar refractivity (Wildman–Crippen MR) is 102 cm³/mol. The summed E-state index contributed by atoms with van der Waals surface area (Å²) in [5.74, 6) is 2.92. The van der Waals surface area contributed by atoms with Gasteiger partial charge in [-0.3, -0.25) is 0 Å². The van der Waals surface area contributed by atoms with Crippen molar-refractivity contribution >= 4 is 42.6 Å². The van der Waals surface area contributed by atoms with E-state index in [-0.39, 0.29) is 9.34 Å². The van der Waals surface area contributed by atoms with Crippen molar-refractivity contribution in [2.45, 2.75) is 61.8 Å². The van der Waals surface area contributed by atoms with Crippen LogP contribution in [0.5, 0.6) is 0 Å². The van der Waals surface area contributed by atoms with E-state index in [0.717, 1.165) is 44.6 Å². The third-order valence-electron chi connectivity index (χ3n) is 4.43. The molecular weight excluding hydrogens is 449 g/mol. The van der Waals surface area contributed by atoms with Crippen LogP contribution in [0, 0.1) is 17.8 Å². The number of hydrogen-bond donors (Lipinski definition) is 0. The second-order valence-electron chi connectivity index (χ2n) is 6.44. The molecule has 1 rings (SSSR count). The standard InChI is InChI=1S/C15H26INO4S2/c1-5-10-15(6-2)11-7-8-13(16)14(9-12-15)17(22(3,18)19)23(4,20)21/h2,13-14H,5,7-12H2,1,3-4H3. The number of halogens is 1. The summed E-state index contributed by atoms with van der Waals surface area (Å²) >= 11 is 2.18. The van der Waals surface area contributed by atoms with Crippen LogP contribution in [0.4, 0.5) is 0 Å². The second-order valence-corrected chi connectivity index (χ2v) is 12.0. The molecule has 23 heavy (non-hydrogen) atoms. The summed E-state index contributed by atoms with van der Waals surface area (Å²) in [6.07, 6.45) is 13.2. The summed E-state index contributed by atoms with van der Waals surface area (Å²) in [6.45, 7) is 2.08. The number of alkyl halides is 1. The van der Waals surface area contributed by atoms with Gasteiger partial charge in [-0.25, -0.2) is 16.8 Å². The molecule has 1 aliphatic rings. The highest BCUT2D eigenvalue weighted by molar-refractivity contribution is 14.1. The highest BCUT2D eigenvalue weighted by Gasteiger charge is 2.41. The molecule has 0 aliphatic heterocycles. The van der Waals surface area contributed by atoms with E-state index < -0.39 is 26.1 Å². The first kappa shape index (κ1) is 21.2. The fourth-order valence-electron chi connectivity index (χ4n) is 3.48. The van der Waals surface area contributed by atoms with E-state index in [1.807, 2.05) is 0 Å². The van der Waals surface area contributed by atoms with Crippen LogP contribution in [0.15, 0.2) is 0 Å². The van der Waals surface area contributed by atoms with Gasteiger partial charge in [0, 0.05) is 9.34 Å². The van der Waals surface area contributed by atoms with Gasteiger partial charge in [-0.15, -0.1) is 6.42 Å². The minimum Gasteiger partial charge on any atom is -0.212 e. The van der Waals surface area contributed by atoms with Crippen molar-refractivity contribution in [3.8, 4) is 12.3 Å². The lowest BCUT2D eigenvalue weighted by molar-refractivity contribution is 0.241. The van der Waals surface area contributed by atoms with Crippen molar-refractivity contribution in [2.75, 3.05) is 12.5 Å². The zero-order chi connectivity index (χ0) is 17.9. The molecule has 0 aromatic carbocycles. The highest BCUT2D eigenvalue weighted by Crippen LogP contribution is 2.41. The molecule has 0 aromatic rings. The molecule has 8 heteroatoms. The van der Waals surface area contributed by atoms with E-state index >= 15 is 0 Å². The molecule has 134 valence electrons. The second kappa shape index (κ2) is 8.02. The van der Waals surface area contributed by atoms with E-state index in [2.05, 4.69) is 35.4 Å². The monoisotopic (exact) mass is 475 g/mol. The fourth-order valence-corrected chi connectivity index (χ4v) is 8.49. The highest BCUT2D eigenvalue weighted by atomic mass is 127. The Balaban J connectivity index is 3.20. The van der Waals surface area contributed by atoms with Crippen LogP contribution >= 0.6 is 22.6 Å². The Morgan fingerprint density at radius 1 is 1.17 bits per heavy atom. The molecule has 3 unspecified atom stereocenters. The van der Waals surface area contributed by atoms with Crippen molar-refractivity contribution in [2.24, 2.45) is 5.41 Å². The van der Waals surface area contributed by atoms with E-state index in [4.69, 9.17) is 6.42 Å². The van der Waals surface area contributed by atoms with Crippen molar-refractivity contribution in [1.82, 2.24) is 3.71 Å². The van der Waals surface area contributed by atoms with Gasteiger partial charge < -0.3 is 0 Å². The summed E-state index contributed by atoms with van der Waals surface area (Å²) in [7, 11) is -7.70. The van der Waals surface area contributed by atoms with E-state index in [9.17, 15) is 16.8 Å². The molecular formula is C15H26INO4S2. The smallest absolute Gasteiger partial charge is 0.212 e. The van der Waals surface area contributed by atoms with E-state index in [0.29, 0.717) is 16.6 Å². The van der Waals surface area contributed by atoms with Gasteiger partial charge in [0.2, 0.25) is 20.0 Å². The molecule has 0 bridgehead atoms. The Bertz CT molecular complexity index is 621. The first-order valence-electron chi connectivity index (χ1n) is 7.78. The van der Waals surface area contributed by atoms with Gasteiger partial charge in [-0.1, -0.05) is 52.0 Å². The molecule has 3 atom stereocenters. The zero-order valence-corrected chi connectivity index (χ0v) is 17.7. The van der Waals surface area contributed by atoms with Crippen molar-refractivity contribution in [1.29, 1.82) is 0 Å². The van der Waals surface area contributed by atoms with Crippen LogP contribution in [0.3, 0.4) is 0 Å². The SMILES string of the molecule is C#CC1(CCC)CCCC(I)C(N(S(C)(=O)=O)S(C)(=O)=O)CC1. The first-order chi connectivity index (χ1) is 10.5. The van der Waals surface area contributed by atoms with Crippen LogP contribution in [0.1, 0.15) is 51.9 Å². The Morgan fingerprint density at radius 3 is 2.17 bits per heavy atom. The molecule has 0 radical (unpaired) electrons. The number of terminal acetylenes is 1. The van der Waals surface area contributed by atoms with Gasteiger partial charge in [-0.2, -0.15) is 0 Å². The van der Waals surface area contributed by atoms with Gasteiger partial charge in [0.1, 0.15) is 0 Å². The minimum atomic E-state index is -3.85. The van der Waals surface area contributed by atoms with Crippen LogP contribution in [-0.2, 0) is 20.0 Å². The van der Waals surface area contributed by atoms with Crippen molar-refractivity contribution < 1.29 is 16.8 Å². The number of sulfonamides is 2. The largest absolute Gasteiger partial charge is 0.224 e. The lowest BCUT2D eigenvalue weighted by Gasteiger charge is -2.38. The zero-order valence-electron chi connectivity index (χ0n) is 14.0. The first-order valence-corrected chi connectivity index (χ1v) is 12.7. The Kier molecular flexibility index (Phi) is 7.39. The predicted octanol–water partition coefficient (Wildman–Crippen LogP) is 2.76. The molecule has 0 heterocycles. The van der Waals surface area contributed by atoms with Crippen LogP contribution in [-0.4, -0.2) is 43.0 Å². The maximum atomic E-state index is 12.1. The van der Waals surface area contributed by atoms with Crippen LogP contribution < -0.4 is 0 Å². The molecule has 0 spiro atoms. The Hall–Kier alpha value is 0.150. The lowest BCUT2D eigenvalue weighted by Crippen LogP contribution is -2.48. The topological polar surface area (TPSA) is 71.5 Å². The van der Waals surface area contributed by atoms with Crippen molar-refractivity contribution in [3.05, 3.63) is 0 Å². The summed E-state index contributed by atoms with van der Waals surface area (Å²) in [4.78, 5) is 0. The van der Waals surface area contributed by atoms with E-state index in [1.165, 1.54) is 0 Å². The van der Waals surface area contributed by atoms with Gasteiger partial charge in [-0.05, 0) is 32.1 Å².